The van der Waals surface area contributed by atoms with Crippen LogP contribution in [0, 0.1) is 0 Å². The number of hydrogen-bond acceptors (Lipinski definition) is 3. The Morgan fingerprint density at radius 1 is 1.46 bits per heavy atom. The highest BCUT2D eigenvalue weighted by Gasteiger charge is 2.18. The molecule has 5 nitrogen and oxygen atoms in total. The molecule has 0 bridgehead atoms. The molecule has 1 aromatic rings. The molecular weight excluding hydrogens is 170 g/mol. The molecule has 5 heteroatoms. The second-order valence-electron chi connectivity index (χ2n) is 3.14. The maximum Gasteiger partial charge on any atom is 0.329 e. The van der Waals surface area contributed by atoms with E-state index in [4.69, 9.17) is 0 Å². The van der Waals surface area contributed by atoms with Gasteiger partial charge in [0.2, 0.25) is 0 Å². The Labute approximate surface area is 73.8 Å². The lowest BCUT2D eigenvalue weighted by Gasteiger charge is -2.00. The lowest BCUT2D eigenvalue weighted by molar-refractivity contribution is 0.796. The van der Waals surface area contributed by atoms with Gasteiger partial charge in [0, 0.05) is 19.2 Å². The second kappa shape index (κ2) is 2.42. The Morgan fingerprint density at radius 3 is 2.85 bits per heavy atom. The first-order valence-electron chi connectivity index (χ1n) is 3.96. The average molecular weight is 179 g/mol. The zero-order chi connectivity index (χ0) is 9.59. The van der Waals surface area contributed by atoms with Crippen molar-refractivity contribution in [3.8, 4) is 0 Å². The predicted octanol–water partition coefficient (Wildman–Crippen LogP) is -0.278. The van der Waals surface area contributed by atoms with E-state index in [-0.39, 0.29) is 5.56 Å². The van der Waals surface area contributed by atoms with Crippen LogP contribution < -0.4 is 11.2 Å². The third kappa shape index (κ3) is 1.04. The minimum atomic E-state index is -0.415. The Kier molecular flexibility index (Phi) is 1.48. The molecule has 1 aliphatic rings. The predicted molar refractivity (Wildman–Crippen MR) is 48.8 cm³/mol. The Bertz CT molecular complexity index is 507. The van der Waals surface area contributed by atoms with Crippen molar-refractivity contribution in [2.75, 3.05) is 0 Å². The van der Waals surface area contributed by atoms with E-state index >= 15 is 0 Å². The smallest absolute Gasteiger partial charge is 0.281 e. The van der Waals surface area contributed by atoms with Gasteiger partial charge in [0.15, 0.2) is 0 Å². The highest BCUT2D eigenvalue weighted by atomic mass is 16.2. The van der Waals surface area contributed by atoms with E-state index < -0.39 is 5.69 Å². The van der Waals surface area contributed by atoms with Crippen molar-refractivity contribution in [2.45, 2.75) is 13.3 Å². The SMILES string of the molecule is CC1=Nc2c(c(=O)[nH]c(=O)n2C)C1. The quantitative estimate of drug-likeness (QED) is 0.595. The van der Waals surface area contributed by atoms with E-state index in [2.05, 4.69) is 9.98 Å². The third-order valence-electron chi connectivity index (χ3n) is 2.12. The Hall–Kier alpha value is -1.65. The normalized spacial score (nSPS) is 14.2. The molecule has 0 spiro atoms. The summed E-state index contributed by atoms with van der Waals surface area (Å²) in [6, 6.07) is 0. The summed E-state index contributed by atoms with van der Waals surface area (Å²) in [5.74, 6) is 0.492. The largest absolute Gasteiger partial charge is 0.329 e. The van der Waals surface area contributed by atoms with Gasteiger partial charge in [-0.1, -0.05) is 0 Å². The number of hydrogen-bond donors (Lipinski definition) is 1. The molecule has 0 amide bonds. The molecular formula is C8H9N3O2. The van der Waals surface area contributed by atoms with Gasteiger partial charge in [-0.25, -0.2) is 9.79 Å². The van der Waals surface area contributed by atoms with Crippen LogP contribution in [0.1, 0.15) is 12.5 Å². The number of H-pyrrole nitrogens is 1. The zero-order valence-corrected chi connectivity index (χ0v) is 7.42. The molecule has 0 fully saturated rings. The van der Waals surface area contributed by atoms with Crippen LogP contribution in [0.5, 0.6) is 0 Å². The molecule has 1 N–H and O–H groups in total. The molecule has 2 heterocycles. The number of aromatic amines is 1. The summed E-state index contributed by atoms with van der Waals surface area (Å²) in [7, 11) is 1.60. The summed E-state index contributed by atoms with van der Waals surface area (Å²) in [5, 5.41) is 0. The van der Waals surface area contributed by atoms with Crippen LogP contribution in [0.3, 0.4) is 0 Å². The number of aliphatic imine (C=N–C) groups is 1. The first kappa shape index (κ1) is 7.97. The molecule has 0 atom stereocenters. The van der Waals surface area contributed by atoms with Crippen LogP contribution in [0.25, 0.3) is 0 Å². The lowest BCUT2D eigenvalue weighted by atomic mass is 10.2. The van der Waals surface area contributed by atoms with Gasteiger partial charge >= 0.3 is 5.69 Å². The molecule has 2 rings (SSSR count). The van der Waals surface area contributed by atoms with Crippen LogP contribution >= 0.6 is 0 Å². The van der Waals surface area contributed by atoms with Gasteiger partial charge in [-0.15, -0.1) is 0 Å². The van der Waals surface area contributed by atoms with E-state index in [0.29, 0.717) is 17.8 Å². The summed E-state index contributed by atoms with van der Waals surface area (Å²) < 4.78 is 1.35. The van der Waals surface area contributed by atoms with Crippen LogP contribution in [-0.2, 0) is 13.5 Å². The molecule has 1 aliphatic heterocycles. The summed E-state index contributed by atoms with van der Waals surface area (Å²) in [6.07, 6.45) is 0.540. The van der Waals surface area contributed by atoms with Crippen molar-refractivity contribution in [1.29, 1.82) is 0 Å². The molecule has 13 heavy (non-hydrogen) atoms. The molecule has 0 unspecified atom stereocenters. The van der Waals surface area contributed by atoms with Gasteiger partial charge in [0.1, 0.15) is 5.82 Å². The number of aromatic nitrogens is 2. The average Bonchev–Trinajstić information content (AvgIpc) is 2.44. The van der Waals surface area contributed by atoms with Gasteiger partial charge in [0.25, 0.3) is 5.56 Å². The minimum Gasteiger partial charge on any atom is -0.281 e. The van der Waals surface area contributed by atoms with Crippen molar-refractivity contribution < 1.29 is 0 Å². The summed E-state index contributed by atoms with van der Waals surface area (Å²) in [5.41, 5.74) is 0.710. The number of nitrogens with zero attached hydrogens (tertiary/aromatic N) is 2. The Morgan fingerprint density at radius 2 is 2.15 bits per heavy atom. The first-order valence-corrected chi connectivity index (χ1v) is 3.96. The monoisotopic (exact) mass is 179 g/mol. The van der Waals surface area contributed by atoms with Crippen molar-refractivity contribution in [1.82, 2.24) is 9.55 Å². The molecule has 0 radical (unpaired) electrons. The number of fused-ring (bicyclic) bond motifs is 1. The van der Waals surface area contributed by atoms with E-state index in [1.165, 1.54) is 4.57 Å². The van der Waals surface area contributed by atoms with E-state index in [1.807, 2.05) is 6.92 Å². The van der Waals surface area contributed by atoms with Gasteiger partial charge in [-0.05, 0) is 6.92 Å². The van der Waals surface area contributed by atoms with Crippen LogP contribution in [-0.4, -0.2) is 15.3 Å². The number of rotatable bonds is 0. The fourth-order valence-corrected chi connectivity index (χ4v) is 1.43. The fourth-order valence-electron chi connectivity index (χ4n) is 1.43. The molecule has 0 aromatic carbocycles. The van der Waals surface area contributed by atoms with Gasteiger partial charge < -0.3 is 0 Å². The summed E-state index contributed by atoms with van der Waals surface area (Å²) in [6.45, 7) is 1.84. The van der Waals surface area contributed by atoms with Gasteiger partial charge in [0.05, 0.1) is 5.56 Å². The van der Waals surface area contributed by atoms with Crippen LogP contribution in [0.4, 0.5) is 5.82 Å². The standard InChI is InChI=1S/C8H9N3O2/c1-4-3-5-6(9-4)11(2)8(13)10-7(5)12/h3H2,1-2H3,(H,10,12,13). The maximum atomic E-state index is 11.3. The van der Waals surface area contributed by atoms with Gasteiger partial charge in [-0.3, -0.25) is 14.3 Å². The van der Waals surface area contributed by atoms with Crippen LogP contribution in [0.2, 0.25) is 0 Å². The van der Waals surface area contributed by atoms with Crippen molar-refractivity contribution >= 4 is 11.5 Å². The van der Waals surface area contributed by atoms with Crippen LogP contribution in [0.15, 0.2) is 14.6 Å². The molecule has 1 aromatic heterocycles. The van der Waals surface area contributed by atoms with E-state index in [0.717, 1.165) is 5.71 Å². The Balaban J connectivity index is 2.87. The summed E-state index contributed by atoms with van der Waals surface area (Å²) >= 11 is 0. The maximum absolute atomic E-state index is 11.3. The molecule has 0 saturated carbocycles. The second-order valence-corrected chi connectivity index (χ2v) is 3.14. The summed E-state index contributed by atoms with van der Waals surface area (Å²) in [4.78, 5) is 28.8. The molecule has 0 aliphatic carbocycles. The first-order chi connectivity index (χ1) is 6.09. The minimum absolute atomic E-state index is 0.321. The molecule has 0 saturated heterocycles. The van der Waals surface area contributed by atoms with E-state index in [9.17, 15) is 9.59 Å². The molecule has 68 valence electrons. The topological polar surface area (TPSA) is 67.2 Å². The van der Waals surface area contributed by atoms with Crippen molar-refractivity contribution in [2.24, 2.45) is 12.0 Å². The van der Waals surface area contributed by atoms with Crippen molar-refractivity contribution in [3.05, 3.63) is 26.4 Å². The fraction of sp³-hybridized carbons (Fsp3) is 0.375. The number of nitrogens with one attached hydrogen (secondary N) is 1. The van der Waals surface area contributed by atoms with Gasteiger partial charge in [-0.2, -0.15) is 0 Å². The van der Waals surface area contributed by atoms with Crippen molar-refractivity contribution in [3.63, 3.8) is 0 Å². The third-order valence-corrected chi connectivity index (χ3v) is 2.12. The van der Waals surface area contributed by atoms with E-state index in [1.54, 1.807) is 7.05 Å². The highest BCUT2D eigenvalue weighted by molar-refractivity contribution is 5.91. The lowest BCUT2D eigenvalue weighted by Crippen LogP contribution is -2.29. The zero-order valence-electron chi connectivity index (χ0n) is 7.42. The highest BCUT2D eigenvalue weighted by Crippen LogP contribution is 2.20.